The second-order valence-corrected chi connectivity index (χ2v) is 10.9. The molecule has 2 atom stereocenters. The third-order valence-corrected chi connectivity index (χ3v) is 8.30. The van der Waals surface area contributed by atoms with E-state index in [1.165, 1.54) is 11.8 Å². The molecule has 2 saturated heterocycles. The van der Waals surface area contributed by atoms with Crippen LogP contribution in [0, 0.1) is 6.92 Å². The number of carbonyl (C=O) groups excluding carboxylic acids is 1. The van der Waals surface area contributed by atoms with Crippen molar-refractivity contribution in [2.45, 2.75) is 24.6 Å². The summed E-state index contributed by atoms with van der Waals surface area (Å²) in [6.45, 7) is 1.98. The minimum atomic E-state index is -3.08. The van der Waals surface area contributed by atoms with Crippen molar-refractivity contribution in [2.24, 2.45) is 4.99 Å². The average Bonchev–Trinajstić information content (AvgIpc) is 3.07. The fourth-order valence-corrected chi connectivity index (χ4v) is 7.62. The molecule has 2 aromatic rings. The van der Waals surface area contributed by atoms with Gasteiger partial charge in [0.25, 0.3) is 5.91 Å². The van der Waals surface area contributed by atoms with Gasteiger partial charge in [-0.2, -0.15) is 4.99 Å². The van der Waals surface area contributed by atoms with Gasteiger partial charge >= 0.3 is 0 Å². The summed E-state index contributed by atoms with van der Waals surface area (Å²) < 4.78 is 24.3. The van der Waals surface area contributed by atoms with Gasteiger partial charge in [0.1, 0.15) is 0 Å². The number of hydrogen-bond acceptors (Lipinski definition) is 4. The standard InChI is InChI=1S/C20H19ClN2O3S2/c1-13-3-2-4-16(9-13)23-17-11-28(25,26)12-18(17)27-20(23)22-19(24)10-14-5-7-15(21)8-6-14/h2-9,17-18H,10-12H2,1H3/t17-,18-/m0/s1. The topological polar surface area (TPSA) is 66.8 Å². The van der Waals surface area contributed by atoms with Crippen molar-refractivity contribution >= 4 is 50.0 Å². The van der Waals surface area contributed by atoms with Crippen molar-refractivity contribution in [2.75, 3.05) is 16.4 Å². The van der Waals surface area contributed by atoms with E-state index >= 15 is 0 Å². The van der Waals surface area contributed by atoms with E-state index in [0.29, 0.717) is 10.2 Å². The number of amidine groups is 1. The highest BCUT2D eigenvalue weighted by atomic mass is 35.5. The van der Waals surface area contributed by atoms with Crippen LogP contribution in [0.5, 0.6) is 0 Å². The normalized spacial score (nSPS) is 24.5. The maximum Gasteiger partial charge on any atom is 0.252 e. The number of rotatable bonds is 3. The molecule has 0 saturated carbocycles. The summed E-state index contributed by atoms with van der Waals surface area (Å²) in [4.78, 5) is 18.8. The van der Waals surface area contributed by atoms with Crippen molar-refractivity contribution in [3.05, 3.63) is 64.7 Å². The molecule has 2 heterocycles. The maximum atomic E-state index is 12.6. The number of fused-ring (bicyclic) bond motifs is 1. The number of halogens is 1. The molecular formula is C20H19ClN2O3S2. The maximum absolute atomic E-state index is 12.6. The van der Waals surface area contributed by atoms with Crippen LogP contribution in [0.2, 0.25) is 5.02 Å². The summed E-state index contributed by atoms with van der Waals surface area (Å²) in [6, 6.07) is 14.7. The Bertz CT molecular complexity index is 1050. The number of thioether (sulfide) groups is 1. The molecule has 0 unspecified atom stereocenters. The Balaban J connectivity index is 1.63. The highest BCUT2D eigenvalue weighted by Gasteiger charge is 2.49. The number of anilines is 1. The van der Waals surface area contributed by atoms with Gasteiger partial charge in [0, 0.05) is 16.0 Å². The van der Waals surface area contributed by atoms with Crippen LogP contribution in [-0.2, 0) is 21.1 Å². The number of nitrogens with zero attached hydrogens (tertiary/aromatic N) is 2. The lowest BCUT2D eigenvalue weighted by atomic mass is 10.1. The molecule has 2 aliphatic heterocycles. The van der Waals surface area contributed by atoms with Crippen LogP contribution in [0.15, 0.2) is 53.5 Å². The molecule has 2 fully saturated rings. The zero-order chi connectivity index (χ0) is 19.9. The first-order valence-electron chi connectivity index (χ1n) is 8.90. The van der Waals surface area contributed by atoms with Crippen molar-refractivity contribution in [3.63, 3.8) is 0 Å². The van der Waals surface area contributed by atoms with Crippen molar-refractivity contribution in [1.29, 1.82) is 0 Å². The first-order chi connectivity index (χ1) is 13.3. The first kappa shape index (κ1) is 19.5. The van der Waals surface area contributed by atoms with Gasteiger partial charge in [0.2, 0.25) is 0 Å². The third-order valence-electron chi connectivity index (χ3n) is 4.84. The number of sulfone groups is 1. The van der Waals surface area contributed by atoms with E-state index in [-0.39, 0.29) is 35.1 Å². The van der Waals surface area contributed by atoms with Crippen LogP contribution in [0.1, 0.15) is 11.1 Å². The Labute approximate surface area is 173 Å². The Kier molecular flexibility index (Phi) is 5.24. The van der Waals surface area contributed by atoms with Gasteiger partial charge in [-0.3, -0.25) is 4.79 Å². The van der Waals surface area contributed by atoms with Crippen molar-refractivity contribution in [1.82, 2.24) is 0 Å². The summed E-state index contributed by atoms with van der Waals surface area (Å²) in [5.41, 5.74) is 2.78. The van der Waals surface area contributed by atoms with Crippen LogP contribution < -0.4 is 4.90 Å². The molecule has 2 aromatic carbocycles. The zero-order valence-electron chi connectivity index (χ0n) is 15.2. The van der Waals surface area contributed by atoms with E-state index in [4.69, 9.17) is 11.6 Å². The van der Waals surface area contributed by atoms with Gasteiger partial charge in [0.05, 0.1) is 24.0 Å². The molecule has 0 aliphatic carbocycles. The van der Waals surface area contributed by atoms with E-state index in [9.17, 15) is 13.2 Å². The number of hydrogen-bond donors (Lipinski definition) is 0. The highest BCUT2D eigenvalue weighted by molar-refractivity contribution is 8.16. The number of carbonyl (C=O) groups is 1. The van der Waals surface area contributed by atoms with E-state index in [1.807, 2.05) is 48.2 Å². The molecule has 0 N–H and O–H groups in total. The molecule has 4 rings (SSSR count). The number of aryl methyl sites for hydroxylation is 1. The lowest BCUT2D eigenvalue weighted by molar-refractivity contribution is -0.117. The summed E-state index contributed by atoms with van der Waals surface area (Å²) in [7, 11) is -3.08. The highest BCUT2D eigenvalue weighted by Crippen LogP contribution is 2.41. The van der Waals surface area contributed by atoms with Crippen LogP contribution in [-0.4, -0.2) is 42.3 Å². The molecule has 0 spiro atoms. The molecule has 0 aromatic heterocycles. The minimum Gasteiger partial charge on any atom is -0.316 e. The van der Waals surface area contributed by atoms with Crippen LogP contribution in [0.4, 0.5) is 5.69 Å². The molecule has 146 valence electrons. The summed E-state index contributed by atoms with van der Waals surface area (Å²) >= 11 is 7.28. The summed E-state index contributed by atoms with van der Waals surface area (Å²) in [6.07, 6.45) is 0.177. The second-order valence-electron chi connectivity index (χ2n) is 7.10. The summed E-state index contributed by atoms with van der Waals surface area (Å²) in [5, 5.41) is 1.09. The SMILES string of the molecule is Cc1cccc(N2C(=NC(=O)Cc3ccc(Cl)cc3)S[C@H]3CS(=O)(=O)C[C@@H]32)c1. The molecule has 1 amide bonds. The molecular weight excluding hydrogens is 416 g/mol. The molecule has 0 radical (unpaired) electrons. The lowest BCUT2D eigenvalue weighted by Crippen LogP contribution is -2.37. The van der Waals surface area contributed by atoms with E-state index in [1.54, 1.807) is 12.1 Å². The van der Waals surface area contributed by atoms with Gasteiger partial charge < -0.3 is 4.90 Å². The van der Waals surface area contributed by atoms with Gasteiger partial charge in [-0.15, -0.1) is 0 Å². The van der Waals surface area contributed by atoms with E-state index in [0.717, 1.165) is 16.8 Å². The van der Waals surface area contributed by atoms with Gasteiger partial charge in [-0.1, -0.05) is 47.6 Å². The molecule has 5 nitrogen and oxygen atoms in total. The van der Waals surface area contributed by atoms with Crippen molar-refractivity contribution < 1.29 is 13.2 Å². The Hall–Kier alpha value is -1.83. The smallest absolute Gasteiger partial charge is 0.252 e. The molecule has 28 heavy (non-hydrogen) atoms. The Morgan fingerprint density at radius 3 is 2.68 bits per heavy atom. The Morgan fingerprint density at radius 2 is 1.96 bits per heavy atom. The van der Waals surface area contributed by atoms with E-state index < -0.39 is 9.84 Å². The molecule has 0 bridgehead atoms. The Morgan fingerprint density at radius 1 is 1.21 bits per heavy atom. The third kappa shape index (κ3) is 4.11. The predicted octanol–water partition coefficient (Wildman–Crippen LogP) is 3.49. The number of amides is 1. The molecule has 2 aliphatic rings. The second kappa shape index (κ2) is 7.54. The zero-order valence-corrected chi connectivity index (χ0v) is 17.6. The van der Waals surface area contributed by atoms with Gasteiger partial charge in [-0.25, -0.2) is 8.42 Å². The monoisotopic (exact) mass is 434 g/mol. The van der Waals surface area contributed by atoms with E-state index in [2.05, 4.69) is 4.99 Å². The largest absolute Gasteiger partial charge is 0.316 e. The fraction of sp³-hybridized carbons (Fsp3) is 0.300. The van der Waals surface area contributed by atoms with Gasteiger partial charge in [0.15, 0.2) is 15.0 Å². The van der Waals surface area contributed by atoms with Crippen LogP contribution >= 0.6 is 23.4 Å². The quantitative estimate of drug-likeness (QED) is 0.739. The average molecular weight is 435 g/mol. The fourth-order valence-electron chi connectivity index (χ4n) is 3.57. The van der Waals surface area contributed by atoms with Gasteiger partial charge in [-0.05, 0) is 42.3 Å². The predicted molar refractivity (Wildman–Crippen MR) is 115 cm³/mol. The lowest BCUT2D eigenvalue weighted by Gasteiger charge is -2.24. The number of benzene rings is 2. The number of aliphatic imine (C=N–C) groups is 1. The minimum absolute atomic E-state index is 0.0863. The first-order valence-corrected chi connectivity index (χ1v) is 12.0. The summed E-state index contributed by atoms with van der Waals surface area (Å²) in [5.74, 6) is -0.0526. The van der Waals surface area contributed by atoms with Crippen molar-refractivity contribution in [3.8, 4) is 0 Å². The van der Waals surface area contributed by atoms with Crippen LogP contribution in [0.3, 0.4) is 0 Å². The molecule has 8 heteroatoms. The van der Waals surface area contributed by atoms with Crippen LogP contribution in [0.25, 0.3) is 0 Å².